The SMILES string of the molecule is CC(=O)C1=NN(c2cccc(Cl)c2C)[C@]2(S1)SC(c1ccccc1C)(c1ccccc1C)c1ccccc12. The van der Waals surface area contributed by atoms with Gasteiger partial charge in [-0.2, -0.15) is 5.10 Å². The number of nitrogens with zero attached hydrogens (tertiary/aromatic N) is 2. The summed E-state index contributed by atoms with van der Waals surface area (Å²) in [5.74, 6) is -0.0427. The van der Waals surface area contributed by atoms with Crippen LogP contribution in [0.25, 0.3) is 0 Å². The van der Waals surface area contributed by atoms with Crippen molar-refractivity contribution >= 4 is 51.6 Å². The van der Waals surface area contributed by atoms with Gasteiger partial charge >= 0.3 is 0 Å². The van der Waals surface area contributed by atoms with E-state index in [1.165, 1.54) is 39.6 Å². The van der Waals surface area contributed by atoms with Crippen LogP contribution in [0.2, 0.25) is 5.02 Å². The summed E-state index contributed by atoms with van der Waals surface area (Å²) in [6.07, 6.45) is 0. The van der Waals surface area contributed by atoms with Gasteiger partial charge in [-0.15, -0.1) is 0 Å². The number of thioether (sulfide) groups is 2. The summed E-state index contributed by atoms with van der Waals surface area (Å²) in [5.41, 5.74) is 9.10. The lowest BCUT2D eigenvalue weighted by Gasteiger charge is -2.38. The molecule has 4 aromatic rings. The fourth-order valence-corrected chi connectivity index (χ4v) is 9.51. The summed E-state index contributed by atoms with van der Waals surface area (Å²) in [6, 6.07) is 31.8. The fourth-order valence-electron chi connectivity index (χ4n) is 5.63. The molecular formula is C32H27ClN2OS2. The molecule has 2 aliphatic heterocycles. The van der Waals surface area contributed by atoms with E-state index in [0.29, 0.717) is 10.1 Å². The Kier molecular flexibility index (Phi) is 6.21. The van der Waals surface area contributed by atoms with Gasteiger partial charge in [0.2, 0.25) is 0 Å². The van der Waals surface area contributed by atoms with Crippen LogP contribution in [-0.2, 0) is 13.7 Å². The largest absolute Gasteiger partial charge is 0.292 e. The first-order valence-corrected chi connectivity index (χ1v) is 14.6. The van der Waals surface area contributed by atoms with Crippen LogP contribution >= 0.6 is 35.1 Å². The van der Waals surface area contributed by atoms with Gasteiger partial charge in [0.15, 0.2) is 15.0 Å². The molecule has 3 nitrogen and oxygen atoms in total. The van der Waals surface area contributed by atoms with Gasteiger partial charge in [0, 0.05) is 17.5 Å². The first-order chi connectivity index (χ1) is 18.3. The van der Waals surface area contributed by atoms with Crippen molar-refractivity contribution in [2.24, 2.45) is 5.10 Å². The molecule has 1 atom stereocenters. The topological polar surface area (TPSA) is 32.7 Å². The number of anilines is 1. The van der Waals surface area contributed by atoms with Gasteiger partial charge in [-0.1, -0.05) is 114 Å². The number of carbonyl (C=O) groups excluding carboxylic acids is 1. The molecule has 0 saturated carbocycles. The van der Waals surface area contributed by atoms with E-state index in [2.05, 4.69) is 86.6 Å². The third-order valence-electron chi connectivity index (χ3n) is 7.46. The second-order valence-electron chi connectivity index (χ2n) is 9.80. The number of hydrazone groups is 1. The first-order valence-electron chi connectivity index (χ1n) is 12.6. The van der Waals surface area contributed by atoms with Crippen molar-refractivity contribution in [3.05, 3.63) is 135 Å². The zero-order chi connectivity index (χ0) is 26.7. The van der Waals surface area contributed by atoms with Gasteiger partial charge in [-0.3, -0.25) is 4.79 Å². The molecule has 0 bridgehead atoms. The second-order valence-corrected chi connectivity index (χ2v) is 13.1. The minimum Gasteiger partial charge on any atom is -0.292 e. The molecule has 0 radical (unpaired) electrons. The first kappa shape index (κ1) is 25.3. The van der Waals surface area contributed by atoms with Gasteiger partial charge in [0.1, 0.15) is 0 Å². The minimum absolute atomic E-state index is 0.0427. The standard InChI is InChI=1S/C32H27ClN2OS2/c1-20-12-5-7-14-24(20)31(25-15-8-6-13-21(25)2)26-16-9-10-17-27(26)32(38-31)35(34-30(37-32)23(4)36)29-19-11-18-28(33)22(29)3/h5-19H,1-4H3/t32-/m1/s1. The molecule has 0 N–H and O–H groups in total. The van der Waals surface area contributed by atoms with Crippen LogP contribution in [0.5, 0.6) is 0 Å². The Hall–Kier alpha value is -2.99. The maximum absolute atomic E-state index is 12.8. The second kappa shape index (κ2) is 9.33. The number of fused-ring (bicyclic) bond motifs is 2. The van der Waals surface area contributed by atoms with Gasteiger partial charge in [0.25, 0.3) is 0 Å². The quantitative estimate of drug-likeness (QED) is 0.253. The molecule has 6 heteroatoms. The molecule has 0 amide bonds. The summed E-state index contributed by atoms with van der Waals surface area (Å²) in [5, 5.41) is 8.19. The molecule has 0 aliphatic carbocycles. The van der Waals surface area contributed by atoms with Crippen LogP contribution in [0.4, 0.5) is 5.69 Å². The molecule has 0 aromatic heterocycles. The Bertz CT molecular complexity index is 1590. The third kappa shape index (κ3) is 3.59. The highest BCUT2D eigenvalue weighted by atomic mass is 35.5. The number of hydrogen-bond acceptors (Lipinski definition) is 5. The Morgan fingerprint density at radius 3 is 1.89 bits per heavy atom. The maximum atomic E-state index is 12.8. The van der Waals surface area contributed by atoms with Crippen LogP contribution in [0.1, 0.15) is 45.9 Å². The monoisotopic (exact) mass is 554 g/mol. The molecule has 0 unspecified atom stereocenters. The molecule has 1 spiro atoms. The molecule has 38 heavy (non-hydrogen) atoms. The average molecular weight is 555 g/mol. The van der Waals surface area contributed by atoms with Gasteiger partial charge < -0.3 is 0 Å². The number of rotatable bonds is 4. The lowest BCUT2D eigenvalue weighted by molar-refractivity contribution is -0.110. The number of Topliss-reactive ketones (excluding diaryl/α,β-unsaturated/α-hetero) is 1. The molecule has 190 valence electrons. The molecule has 2 aliphatic rings. The number of hydrogen-bond donors (Lipinski definition) is 0. The Labute approximate surface area is 237 Å². The fraction of sp³-hybridized carbons (Fsp3) is 0.188. The van der Waals surface area contributed by atoms with Crippen molar-refractivity contribution in [1.82, 2.24) is 0 Å². The van der Waals surface area contributed by atoms with Crippen molar-refractivity contribution in [3.8, 4) is 0 Å². The summed E-state index contributed by atoms with van der Waals surface area (Å²) in [4.78, 5) is 12.8. The number of carbonyl (C=O) groups is 1. The number of halogens is 1. The molecule has 2 heterocycles. The summed E-state index contributed by atoms with van der Waals surface area (Å²) >= 11 is 10.0. The smallest absolute Gasteiger partial charge is 0.187 e. The number of aryl methyl sites for hydroxylation is 2. The normalized spacial score (nSPS) is 19.5. The van der Waals surface area contributed by atoms with E-state index < -0.39 is 8.95 Å². The molecule has 4 aromatic carbocycles. The Morgan fingerprint density at radius 1 is 0.763 bits per heavy atom. The van der Waals surface area contributed by atoms with Crippen molar-refractivity contribution in [2.75, 3.05) is 5.01 Å². The number of benzene rings is 4. The van der Waals surface area contributed by atoms with Crippen molar-refractivity contribution in [1.29, 1.82) is 0 Å². The van der Waals surface area contributed by atoms with Crippen molar-refractivity contribution in [2.45, 2.75) is 36.6 Å². The van der Waals surface area contributed by atoms with Crippen LogP contribution in [0.15, 0.2) is 96.1 Å². The summed E-state index contributed by atoms with van der Waals surface area (Å²) in [6.45, 7) is 7.97. The van der Waals surface area contributed by atoms with Crippen molar-refractivity contribution < 1.29 is 4.79 Å². The van der Waals surface area contributed by atoms with Gasteiger partial charge in [-0.05, 0) is 66.3 Å². The zero-order valence-electron chi connectivity index (χ0n) is 21.7. The van der Waals surface area contributed by atoms with Crippen LogP contribution in [-0.4, -0.2) is 10.8 Å². The Morgan fingerprint density at radius 2 is 1.32 bits per heavy atom. The highest BCUT2D eigenvalue weighted by Crippen LogP contribution is 2.71. The van der Waals surface area contributed by atoms with Crippen LogP contribution < -0.4 is 5.01 Å². The lowest BCUT2D eigenvalue weighted by atomic mass is 9.79. The predicted molar refractivity (Wildman–Crippen MR) is 162 cm³/mol. The van der Waals surface area contributed by atoms with E-state index in [1.54, 1.807) is 6.92 Å². The minimum atomic E-state index is -0.711. The van der Waals surface area contributed by atoms with E-state index in [0.717, 1.165) is 16.8 Å². The summed E-state index contributed by atoms with van der Waals surface area (Å²) < 4.78 is -1.23. The van der Waals surface area contributed by atoms with Crippen molar-refractivity contribution in [3.63, 3.8) is 0 Å². The van der Waals surface area contributed by atoms with Crippen LogP contribution in [0, 0.1) is 20.8 Å². The van der Waals surface area contributed by atoms with E-state index >= 15 is 0 Å². The van der Waals surface area contributed by atoms with E-state index in [1.807, 2.05) is 41.9 Å². The summed E-state index contributed by atoms with van der Waals surface area (Å²) in [7, 11) is 0. The molecule has 0 fully saturated rings. The molecular weight excluding hydrogens is 528 g/mol. The van der Waals surface area contributed by atoms with E-state index in [-0.39, 0.29) is 5.78 Å². The Balaban J connectivity index is 1.71. The third-order valence-corrected chi connectivity index (χ3v) is 11.2. The zero-order valence-corrected chi connectivity index (χ0v) is 24.0. The predicted octanol–water partition coefficient (Wildman–Crippen LogP) is 8.57. The highest BCUT2D eigenvalue weighted by molar-refractivity contribution is 8.27. The van der Waals surface area contributed by atoms with Gasteiger partial charge in [-0.25, -0.2) is 5.01 Å². The molecule has 0 saturated heterocycles. The number of ketones is 1. The maximum Gasteiger partial charge on any atom is 0.187 e. The highest BCUT2D eigenvalue weighted by Gasteiger charge is 2.62. The lowest BCUT2D eigenvalue weighted by Crippen LogP contribution is -2.34. The average Bonchev–Trinajstić information content (AvgIpc) is 3.43. The van der Waals surface area contributed by atoms with E-state index in [9.17, 15) is 4.79 Å². The van der Waals surface area contributed by atoms with E-state index in [4.69, 9.17) is 16.7 Å². The molecule has 6 rings (SSSR count). The van der Waals surface area contributed by atoms with Gasteiger partial charge in [0.05, 0.1) is 10.4 Å². The van der Waals surface area contributed by atoms with Crippen LogP contribution in [0.3, 0.4) is 0 Å².